The number of pyridine rings is 1. The first kappa shape index (κ1) is 27.9. The van der Waals surface area contributed by atoms with Gasteiger partial charge in [0.05, 0.1) is 24.3 Å². The summed E-state index contributed by atoms with van der Waals surface area (Å²) in [5, 5.41) is 19.4. The Labute approximate surface area is 227 Å². The number of halogens is 1. The zero-order chi connectivity index (χ0) is 26.9. The number of nitrogens with zero attached hydrogens (tertiary/aromatic N) is 3. The minimum absolute atomic E-state index is 0.0164. The van der Waals surface area contributed by atoms with E-state index in [1.165, 1.54) is 0 Å². The van der Waals surface area contributed by atoms with E-state index < -0.39 is 12.1 Å². The number of benzene rings is 2. The molecule has 1 aliphatic heterocycles. The Balaban J connectivity index is 1.30. The number of hydrogen-bond donors (Lipinski definition) is 1. The number of rotatable bonds is 12. The fraction of sp³-hybridized carbons (Fsp3) is 0.433. The largest absolute Gasteiger partial charge is 0.497 e. The molecule has 1 unspecified atom stereocenters. The number of alkyl halides is 1. The van der Waals surface area contributed by atoms with Crippen molar-refractivity contribution in [2.45, 2.75) is 43.2 Å². The average Bonchev–Trinajstić information content (AvgIpc) is 2.93. The molecule has 0 spiro atoms. The predicted octanol–water partition coefficient (Wildman–Crippen LogP) is 6.50. The molecule has 2 aromatic carbocycles. The molecule has 0 radical (unpaired) electrons. The molecule has 3 aromatic rings. The van der Waals surface area contributed by atoms with Crippen LogP contribution in [0.1, 0.15) is 49.4 Å². The van der Waals surface area contributed by atoms with E-state index in [4.69, 9.17) is 10.00 Å². The Hall–Kier alpha value is -3.15. The van der Waals surface area contributed by atoms with Gasteiger partial charge in [-0.2, -0.15) is 5.26 Å². The van der Waals surface area contributed by atoms with Gasteiger partial charge in [-0.05, 0) is 104 Å². The molecule has 4 rings (SSSR count). The number of thioether (sulfide) groups is 1. The highest BCUT2D eigenvalue weighted by molar-refractivity contribution is 7.99. The van der Waals surface area contributed by atoms with Gasteiger partial charge in [0.1, 0.15) is 11.9 Å². The van der Waals surface area contributed by atoms with Crippen molar-refractivity contribution in [3.05, 3.63) is 65.9 Å². The molecule has 0 aliphatic carbocycles. The lowest BCUT2D eigenvalue weighted by molar-refractivity contribution is -0.139. The summed E-state index contributed by atoms with van der Waals surface area (Å²) in [7, 11) is 1.59. The lowest BCUT2D eigenvalue weighted by Crippen LogP contribution is -2.42. The standard InChI is InChI=1S/C30H34FN3O3S/c1-37-24-7-9-29-27(18-24)26(10-12-33-29)28(31)8-6-22-11-14-34(20-23(22)17-30(35)36)13-3-15-38-25-5-2-4-21(16-25)19-32/h2,4-5,7,9-10,12,16,18,22-23,28H,3,6,8,11,13-15,17,20H2,1H3,(H,35,36)/t22-,23+,28?/m1/s1. The van der Waals surface area contributed by atoms with E-state index in [2.05, 4.69) is 16.0 Å². The van der Waals surface area contributed by atoms with E-state index in [0.29, 0.717) is 29.7 Å². The first-order valence-electron chi connectivity index (χ1n) is 13.1. The molecule has 6 nitrogen and oxygen atoms in total. The van der Waals surface area contributed by atoms with Crippen molar-refractivity contribution in [3.63, 3.8) is 0 Å². The molecule has 200 valence electrons. The molecule has 1 fully saturated rings. The van der Waals surface area contributed by atoms with Gasteiger partial charge in [0.25, 0.3) is 0 Å². The molecule has 1 aromatic heterocycles. The Bertz CT molecular complexity index is 1280. The summed E-state index contributed by atoms with van der Waals surface area (Å²) in [5.41, 5.74) is 2.01. The lowest BCUT2D eigenvalue weighted by atomic mass is 9.79. The predicted molar refractivity (Wildman–Crippen MR) is 148 cm³/mol. The summed E-state index contributed by atoms with van der Waals surface area (Å²) in [6.45, 7) is 2.55. The molecule has 1 saturated heterocycles. The van der Waals surface area contributed by atoms with E-state index in [-0.39, 0.29) is 18.3 Å². The van der Waals surface area contributed by atoms with Crippen LogP contribution in [-0.4, -0.2) is 53.5 Å². The SMILES string of the molecule is COc1ccc2nccc(C(F)CC[C@@H]3CCN(CCCSc4cccc(C#N)c4)C[C@@H]3CC(=O)O)c2c1. The van der Waals surface area contributed by atoms with Gasteiger partial charge in [0.2, 0.25) is 0 Å². The molecule has 2 heterocycles. The van der Waals surface area contributed by atoms with E-state index in [1.54, 1.807) is 37.2 Å². The van der Waals surface area contributed by atoms with Gasteiger partial charge in [-0.3, -0.25) is 9.78 Å². The summed E-state index contributed by atoms with van der Waals surface area (Å²) in [6.07, 6.45) is 3.49. The number of aliphatic carboxylic acids is 1. The van der Waals surface area contributed by atoms with Crippen LogP contribution in [0.3, 0.4) is 0 Å². The van der Waals surface area contributed by atoms with Crippen molar-refractivity contribution in [3.8, 4) is 11.8 Å². The molecular formula is C30H34FN3O3S. The van der Waals surface area contributed by atoms with Crippen LogP contribution >= 0.6 is 11.8 Å². The third kappa shape index (κ3) is 7.46. The highest BCUT2D eigenvalue weighted by atomic mass is 32.2. The minimum Gasteiger partial charge on any atom is -0.497 e. The third-order valence-corrected chi connectivity index (χ3v) is 8.45. The summed E-state index contributed by atoms with van der Waals surface area (Å²) >= 11 is 1.74. The summed E-state index contributed by atoms with van der Waals surface area (Å²) in [5.74, 6) is 1.02. The fourth-order valence-corrected chi connectivity index (χ4v) is 6.29. The molecule has 0 saturated carbocycles. The average molecular weight is 536 g/mol. The quantitative estimate of drug-likeness (QED) is 0.209. The number of nitriles is 1. The van der Waals surface area contributed by atoms with Crippen molar-refractivity contribution in [2.24, 2.45) is 11.8 Å². The van der Waals surface area contributed by atoms with E-state index in [0.717, 1.165) is 54.0 Å². The molecular weight excluding hydrogens is 501 g/mol. The van der Waals surface area contributed by atoms with Crippen LogP contribution in [0.5, 0.6) is 5.75 Å². The molecule has 1 N–H and O–H groups in total. The maximum absolute atomic E-state index is 15.5. The molecule has 38 heavy (non-hydrogen) atoms. The second-order valence-corrected chi connectivity index (χ2v) is 11.0. The van der Waals surface area contributed by atoms with Crippen molar-refractivity contribution < 1.29 is 19.0 Å². The van der Waals surface area contributed by atoms with Crippen LogP contribution in [0.4, 0.5) is 4.39 Å². The normalized spacial score (nSPS) is 18.7. The van der Waals surface area contributed by atoms with Gasteiger partial charge in [0, 0.05) is 29.4 Å². The third-order valence-electron chi connectivity index (χ3n) is 7.37. The second-order valence-electron chi connectivity index (χ2n) is 9.88. The molecule has 0 bridgehead atoms. The van der Waals surface area contributed by atoms with Crippen LogP contribution in [-0.2, 0) is 4.79 Å². The molecule has 3 atom stereocenters. The fourth-order valence-electron chi connectivity index (χ4n) is 5.39. The van der Waals surface area contributed by atoms with Crippen LogP contribution in [0, 0.1) is 23.2 Å². The number of likely N-dealkylation sites (tertiary alicyclic amines) is 1. The van der Waals surface area contributed by atoms with Gasteiger partial charge in [-0.25, -0.2) is 4.39 Å². The maximum Gasteiger partial charge on any atom is 0.303 e. The van der Waals surface area contributed by atoms with Crippen molar-refractivity contribution in [1.29, 1.82) is 5.26 Å². The summed E-state index contributed by atoms with van der Waals surface area (Å²) < 4.78 is 20.8. The first-order chi connectivity index (χ1) is 18.5. The number of hydrogen-bond acceptors (Lipinski definition) is 6. The van der Waals surface area contributed by atoms with Crippen molar-refractivity contribution in [1.82, 2.24) is 9.88 Å². The molecule has 1 aliphatic rings. The number of carboxylic acids is 1. The Morgan fingerprint density at radius 1 is 1.29 bits per heavy atom. The number of aromatic nitrogens is 1. The van der Waals surface area contributed by atoms with Crippen LogP contribution in [0.25, 0.3) is 10.9 Å². The first-order valence-corrected chi connectivity index (χ1v) is 14.1. The van der Waals surface area contributed by atoms with E-state index in [1.807, 2.05) is 36.4 Å². The Morgan fingerprint density at radius 2 is 2.16 bits per heavy atom. The number of fused-ring (bicyclic) bond motifs is 1. The second kappa shape index (κ2) is 13.6. The lowest BCUT2D eigenvalue weighted by Gasteiger charge is -2.38. The molecule has 0 amide bonds. The Kier molecular flexibility index (Phi) is 9.97. The van der Waals surface area contributed by atoms with Crippen LogP contribution in [0.15, 0.2) is 59.6 Å². The minimum atomic E-state index is -1.15. The summed E-state index contributed by atoms with van der Waals surface area (Å²) in [4.78, 5) is 19.4. The van der Waals surface area contributed by atoms with Crippen molar-refractivity contribution in [2.75, 3.05) is 32.5 Å². The Morgan fingerprint density at radius 3 is 2.95 bits per heavy atom. The zero-order valence-corrected chi connectivity index (χ0v) is 22.5. The van der Waals surface area contributed by atoms with Gasteiger partial charge < -0.3 is 14.7 Å². The van der Waals surface area contributed by atoms with Gasteiger partial charge in [-0.1, -0.05) is 6.07 Å². The van der Waals surface area contributed by atoms with E-state index >= 15 is 4.39 Å². The topological polar surface area (TPSA) is 86.5 Å². The van der Waals surface area contributed by atoms with Crippen LogP contribution in [0.2, 0.25) is 0 Å². The highest BCUT2D eigenvalue weighted by Crippen LogP contribution is 2.36. The van der Waals surface area contributed by atoms with Crippen molar-refractivity contribution >= 4 is 28.6 Å². The number of ether oxygens (including phenoxy) is 1. The van der Waals surface area contributed by atoms with Gasteiger partial charge in [-0.15, -0.1) is 11.8 Å². The number of carboxylic acid groups (broad SMARTS) is 1. The number of methoxy groups -OCH3 is 1. The smallest absolute Gasteiger partial charge is 0.303 e. The van der Waals surface area contributed by atoms with Gasteiger partial charge >= 0.3 is 5.97 Å². The molecule has 8 heteroatoms. The zero-order valence-electron chi connectivity index (χ0n) is 21.7. The maximum atomic E-state index is 15.5. The van der Waals surface area contributed by atoms with Gasteiger partial charge in [0.15, 0.2) is 0 Å². The van der Waals surface area contributed by atoms with Crippen LogP contribution < -0.4 is 4.74 Å². The van der Waals surface area contributed by atoms with E-state index in [9.17, 15) is 9.90 Å². The highest BCUT2D eigenvalue weighted by Gasteiger charge is 2.31. The number of piperidine rings is 1. The summed E-state index contributed by atoms with van der Waals surface area (Å²) in [6, 6.07) is 17.0. The monoisotopic (exact) mass is 535 g/mol. The number of carbonyl (C=O) groups is 1.